The number of benzene rings is 2. The fourth-order valence-corrected chi connectivity index (χ4v) is 8.36. The van der Waals surface area contributed by atoms with Gasteiger partial charge >= 0.3 is 0 Å². The summed E-state index contributed by atoms with van der Waals surface area (Å²) in [4.78, 5) is 14.8. The van der Waals surface area contributed by atoms with Crippen molar-refractivity contribution >= 4 is 33.2 Å². The molecule has 4 rings (SSSR count). The number of amides is 1. The first-order valence-electron chi connectivity index (χ1n) is 11.2. The lowest BCUT2D eigenvalue weighted by molar-refractivity contribution is -0.132. The zero-order valence-corrected chi connectivity index (χ0v) is 20.3. The minimum atomic E-state index is -3.95. The number of nitrogens with zero attached hydrogens (tertiary/aromatic N) is 1. The molecule has 0 radical (unpaired) electrons. The number of ether oxygens (including phenoxy) is 1. The number of carbonyl (C=O) groups is 1. The fraction of sp³-hybridized carbons (Fsp3) is 0.458. The van der Waals surface area contributed by atoms with E-state index in [9.17, 15) is 18.4 Å². The molecule has 178 valence electrons. The minimum Gasteiger partial charge on any atom is -0.496 e. The number of para-hydroxylation sites is 1. The predicted molar refractivity (Wildman–Crippen MR) is 130 cm³/mol. The Balaban J connectivity index is 1.49. The third-order valence-electron chi connectivity index (χ3n) is 6.92. The molecule has 2 aliphatic rings. The predicted octanol–water partition coefficient (Wildman–Crippen LogP) is 3.62. The topological polar surface area (TPSA) is 95.9 Å². The normalized spacial score (nSPS) is 19.2. The van der Waals surface area contributed by atoms with Gasteiger partial charge in [0.1, 0.15) is 5.75 Å². The summed E-state index contributed by atoms with van der Waals surface area (Å²) in [5.74, 6) is 1.63. The summed E-state index contributed by atoms with van der Waals surface area (Å²) in [5, 5.41) is 9.23. The van der Waals surface area contributed by atoms with Crippen LogP contribution in [-0.2, 0) is 14.6 Å². The van der Waals surface area contributed by atoms with Crippen molar-refractivity contribution in [3.63, 3.8) is 0 Å². The maximum absolute atomic E-state index is 13.5. The van der Waals surface area contributed by atoms with Gasteiger partial charge in [-0.15, -0.1) is 0 Å². The molecular weight excluding hydrogens is 460 g/mol. The second-order valence-corrected chi connectivity index (χ2v) is 12.0. The monoisotopic (exact) mass is 490 g/mol. The molecule has 2 aromatic rings. The Bertz CT molecular complexity index is 1070. The molecule has 0 spiro atoms. The third kappa shape index (κ3) is 4.46. The Morgan fingerprint density at radius 3 is 2.33 bits per heavy atom. The number of carbonyl (C=O) groups excluding carboxylic acids is 1. The van der Waals surface area contributed by atoms with Gasteiger partial charge in [-0.05, 0) is 79.0 Å². The van der Waals surface area contributed by atoms with Gasteiger partial charge in [0.15, 0.2) is 14.6 Å². The third-order valence-corrected chi connectivity index (χ3v) is 10.4. The maximum atomic E-state index is 13.5. The van der Waals surface area contributed by atoms with E-state index in [0.29, 0.717) is 17.4 Å². The number of methoxy groups -OCH3 is 1. The first-order valence-corrected chi connectivity index (χ1v) is 13.8. The highest BCUT2D eigenvalue weighted by Crippen LogP contribution is 2.39. The van der Waals surface area contributed by atoms with Crippen LogP contribution in [0.4, 0.5) is 5.69 Å². The zero-order chi connectivity index (χ0) is 23.5. The van der Waals surface area contributed by atoms with E-state index in [1.54, 1.807) is 36.5 Å². The van der Waals surface area contributed by atoms with Gasteiger partial charge in [-0.25, -0.2) is 13.9 Å². The average Bonchev–Trinajstić information content (AvgIpc) is 2.88. The number of thioether (sulfide) groups is 1. The van der Waals surface area contributed by atoms with Crippen molar-refractivity contribution in [2.45, 2.75) is 41.2 Å². The SMILES string of the molecule is COc1ccccc1C1CCN(c2ccc(S(=O)(=O)C3(C(=O)NO)CCSCC3)cc2)CC1. The van der Waals surface area contributed by atoms with Crippen LogP contribution in [-0.4, -0.2) is 56.0 Å². The quantitative estimate of drug-likeness (QED) is 0.472. The summed E-state index contributed by atoms with van der Waals surface area (Å²) in [5.41, 5.74) is 3.80. The van der Waals surface area contributed by atoms with Crippen molar-refractivity contribution in [1.29, 1.82) is 0 Å². The van der Waals surface area contributed by atoms with Crippen LogP contribution in [0.3, 0.4) is 0 Å². The Hall–Kier alpha value is -2.23. The second kappa shape index (κ2) is 9.95. The number of hydrogen-bond donors (Lipinski definition) is 2. The van der Waals surface area contributed by atoms with E-state index in [4.69, 9.17) is 4.74 Å². The molecule has 2 fully saturated rings. The molecule has 0 aromatic heterocycles. The molecule has 33 heavy (non-hydrogen) atoms. The molecule has 0 atom stereocenters. The van der Waals surface area contributed by atoms with Gasteiger partial charge < -0.3 is 9.64 Å². The molecular formula is C24H30N2O5S2. The van der Waals surface area contributed by atoms with E-state index in [2.05, 4.69) is 11.0 Å². The van der Waals surface area contributed by atoms with Gasteiger partial charge in [0, 0.05) is 18.8 Å². The van der Waals surface area contributed by atoms with Crippen LogP contribution in [0, 0.1) is 0 Å². The maximum Gasteiger partial charge on any atom is 0.265 e. The Kier molecular flexibility index (Phi) is 7.21. The van der Waals surface area contributed by atoms with Gasteiger partial charge in [-0.3, -0.25) is 10.0 Å². The summed E-state index contributed by atoms with van der Waals surface area (Å²) in [6.45, 7) is 1.73. The van der Waals surface area contributed by atoms with Crippen LogP contribution in [0.1, 0.15) is 37.2 Å². The summed E-state index contributed by atoms with van der Waals surface area (Å²) in [6, 6.07) is 15.0. The molecule has 0 aliphatic carbocycles. The van der Waals surface area contributed by atoms with Crippen LogP contribution in [0.15, 0.2) is 53.4 Å². The smallest absolute Gasteiger partial charge is 0.265 e. The van der Waals surface area contributed by atoms with Crippen LogP contribution in [0.2, 0.25) is 0 Å². The highest BCUT2D eigenvalue weighted by Gasteiger charge is 2.52. The summed E-state index contributed by atoms with van der Waals surface area (Å²) < 4.78 is 30.8. The first-order chi connectivity index (χ1) is 15.9. The number of piperidine rings is 1. The molecule has 2 aromatic carbocycles. The van der Waals surface area contributed by atoms with E-state index in [0.717, 1.165) is 37.4 Å². The summed E-state index contributed by atoms with van der Waals surface area (Å²) in [6.07, 6.45) is 2.34. The standard InChI is InChI=1S/C24H30N2O5S2/c1-31-22-5-3-2-4-21(22)18-10-14-26(15-11-18)19-6-8-20(9-7-19)33(29,30)24(23(27)25-28)12-16-32-17-13-24/h2-9,18,28H,10-17H2,1H3,(H,25,27). The number of hydroxylamine groups is 1. The van der Waals surface area contributed by atoms with Gasteiger partial charge in [0.2, 0.25) is 0 Å². The zero-order valence-electron chi connectivity index (χ0n) is 18.7. The van der Waals surface area contributed by atoms with Gasteiger partial charge in [0.05, 0.1) is 12.0 Å². The van der Waals surface area contributed by atoms with Gasteiger partial charge in [0.25, 0.3) is 5.91 Å². The summed E-state index contributed by atoms with van der Waals surface area (Å²) in [7, 11) is -2.25. The lowest BCUT2D eigenvalue weighted by Crippen LogP contribution is -2.53. The number of hydrogen-bond acceptors (Lipinski definition) is 7. The number of anilines is 1. The molecule has 0 bridgehead atoms. The van der Waals surface area contributed by atoms with E-state index in [1.807, 2.05) is 30.3 Å². The number of sulfone groups is 1. The first kappa shape index (κ1) is 23.9. The molecule has 7 nitrogen and oxygen atoms in total. The fourth-order valence-electron chi connectivity index (χ4n) is 4.93. The van der Waals surface area contributed by atoms with Crippen molar-refractivity contribution in [1.82, 2.24) is 5.48 Å². The van der Waals surface area contributed by atoms with Crippen LogP contribution >= 0.6 is 11.8 Å². The molecule has 2 saturated heterocycles. The van der Waals surface area contributed by atoms with E-state index in [1.165, 1.54) is 5.56 Å². The van der Waals surface area contributed by atoms with E-state index < -0.39 is 20.5 Å². The number of nitrogens with one attached hydrogen (secondary N) is 1. The van der Waals surface area contributed by atoms with Gasteiger partial charge in [-0.1, -0.05) is 18.2 Å². The van der Waals surface area contributed by atoms with E-state index in [-0.39, 0.29) is 17.7 Å². The van der Waals surface area contributed by atoms with Crippen molar-refractivity contribution in [2.75, 3.05) is 36.6 Å². The van der Waals surface area contributed by atoms with Crippen LogP contribution in [0.25, 0.3) is 0 Å². The van der Waals surface area contributed by atoms with Crippen molar-refractivity contribution in [2.24, 2.45) is 0 Å². The highest BCUT2D eigenvalue weighted by atomic mass is 32.2. The van der Waals surface area contributed by atoms with Crippen molar-refractivity contribution < 1.29 is 23.2 Å². The molecule has 0 unspecified atom stereocenters. The summed E-state index contributed by atoms with van der Waals surface area (Å²) >= 11 is 1.62. The second-order valence-electron chi connectivity index (χ2n) is 8.55. The molecule has 0 saturated carbocycles. The largest absolute Gasteiger partial charge is 0.496 e. The van der Waals surface area contributed by atoms with Crippen LogP contribution < -0.4 is 15.1 Å². The molecule has 1 amide bonds. The molecule has 2 heterocycles. The lowest BCUT2D eigenvalue weighted by atomic mass is 9.88. The Morgan fingerprint density at radius 2 is 1.73 bits per heavy atom. The van der Waals surface area contributed by atoms with Crippen molar-refractivity contribution in [3.8, 4) is 5.75 Å². The highest BCUT2D eigenvalue weighted by molar-refractivity contribution is 7.99. The molecule has 2 N–H and O–H groups in total. The average molecular weight is 491 g/mol. The minimum absolute atomic E-state index is 0.116. The van der Waals surface area contributed by atoms with E-state index >= 15 is 0 Å². The van der Waals surface area contributed by atoms with Gasteiger partial charge in [-0.2, -0.15) is 11.8 Å². The van der Waals surface area contributed by atoms with Crippen LogP contribution in [0.5, 0.6) is 5.75 Å². The Morgan fingerprint density at radius 1 is 1.09 bits per heavy atom. The Labute approximate surface area is 199 Å². The number of rotatable bonds is 6. The molecule has 9 heteroatoms. The lowest BCUT2D eigenvalue weighted by Gasteiger charge is -2.35. The van der Waals surface area contributed by atoms with Crippen molar-refractivity contribution in [3.05, 3.63) is 54.1 Å². The molecule has 2 aliphatic heterocycles.